The molecule has 0 radical (unpaired) electrons. The second kappa shape index (κ2) is 6.22. The third kappa shape index (κ3) is 3.83. The largest absolute Gasteiger partial charge is 0.460 e. The van der Waals surface area contributed by atoms with Crippen LogP contribution in [0.1, 0.15) is 40.0 Å². The SMILES string of the molecule is CSCC1=C[C@H]2[C@@H](C1)C[C@]2(CC(=O)OC(C)(C)C)C[N+](=O)[O-]. The number of rotatable bonds is 6. The maximum Gasteiger partial charge on any atom is 0.307 e. The van der Waals surface area contributed by atoms with Crippen LogP contribution in [0.5, 0.6) is 0 Å². The van der Waals surface area contributed by atoms with Crippen molar-refractivity contribution in [3.05, 3.63) is 21.8 Å². The predicted molar refractivity (Wildman–Crippen MR) is 87.4 cm³/mol. The van der Waals surface area contributed by atoms with Crippen LogP contribution in [-0.2, 0) is 9.53 Å². The van der Waals surface area contributed by atoms with E-state index < -0.39 is 11.0 Å². The molecule has 0 aromatic rings. The molecule has 0 aromatic heterocycles. The topological polar surface area (TPSA) is 69.4 Å². The number of allylic oxidation sites excluding steroid dienone is 1. The molecular weight excluding hydrogens is 302 g/mol. The first kappa shape index (κ1) is 17.3. The minimum Gasteiger partial charge on any atom is -0.460 e. The lowest BCUT2D eigenvalue weighted by atomic mass is 9.53. The van der Waals surface area contributed by atoms with Gasteiger partial charge < -0.3 is 4.74 Å². The normalized spacial score (nSPS) is 30.3. The summed E-state index contributed by atoms with van der Waals surface area (Å²) >= 11 is 1.77. The van der Waals surface area contributed by atoms with Gasteiger partial charge >= 0.3 is 5.97 Å². The van der Waals surface area contributed by atoms with E-state index in [2.05, 4.69) is 12.3 Å². The second-order valence-electron chi connectivity index (χ2n) is 7.57. The van der Waals surface area contributed by atoms with Crippen LogP contribution in [0.15, 0.2) is 11.6 Å². The molecule has 22 heavy (non-hydrogen) atoms. The molecule has 1 saturated carbocycles. The van der Waals surface area contributed by atoms with Crippen molar-refractivity contribution in [2.24, 2.45) is 17.3 Å². The number of carbonyl (C=O) groups is 1. The first-order valence-electron chi connectivity index (χ1n) is 7.67. The minimum atomic E-state index is -0.550. The van der Waals surface area contributed by atoms with Crippen molar-refractivity contribution in [1.29, 1.82) is 0 Å². The van der Waals surface area contributed by atoms with Gasteiger partial charge in [0, 0.05) is 10.7 Å². The molecule has 3 atom stereocenters. The molecule has 1 fully saturated rings. The summed E-state index contributed by atoms with van der Waals surface area (Å²) in [4.78, 5) is 23.0. The third-order valence-corrected chi connectivity index (χ3v) is 5.17. The van der Waals surface area contributed by atoms with Crippen LogP contribution in [-0.4, -0.2) is 35.0 Å². The molecule has 0 spiro atoms. The fourth-order valence-electron chi connectivity index (χ4n) is 3.93. The molecule has 0 amide bonds. The van der Waals surface area contributed by atoms with Crippen molar-refractivity contribution in [2.45, 2.75) is 45.6 Å². The Morgan fingerprint density at radius 1 is 1.55 bits per heavy atom. The molecule has 2 aliphatic rings. The Bertz CT molecular complexity index is 497. The van der Waals surface area contributed by atoms with Crippen molar-refractivity contribution in [3.63, 3.8) is 0 Å². The van der Waals surface area contributed by atoms with E-state index >= 15 is 0 Å². The lowest BCUT2D eigenvalue weighted by Crippen LogP contribution is -2.51. The van der Waals surface area contributed by atoms with E-state index in [-0.39, 0.29) is 29.8 Å². The number of esters is 1. The highest BCUT2D eigenvalue weighted by Crippen LogP contribution is 2.60. The number of fused-ring (bicyclic) bond motifs is 1. The molecule has 2 rings (SSSR count). The molecule has 6 heteroatoms. The lowest BCUT2D eigenvalue weighted by Gasteiger charge is -2.49. The Kier molecular flexibility index (Phi) is 4.90. The average Bonchev–Trinajstić information content (AvgIpc) is 2.64. The van der Waals surface area contributed by atoms with Crippen LogP contribution in [0, 0.1) is 27.4 Å². The maximum absolute atomic E-state index is 12.2. The van der Waals surface area contributed by atoms with Crippen molar-refractivity contribution >= 4 is 17.7 Å². The Labute approximate surface area is 136 Å². The van der Waals surface area contributed by atoms with Gasteiger partial charge in [0.05, 0.1) is 11.8 Å². The van der Waals surface area contributed by atoms with Gasteiger partial charge in [-0.25, -0.2) is 0 Å². The summed E-state index contributed by atoms with van der Waals surface area (Å²) in [6.45, 7) is 5.32. The van der Waals surface area contributed by atoms with Gasteiger partial charge in [-0.15, -0.1) is 0 Å². The summed E-state index contributed by atoms with van der Waals surface area (Å²) in [5.74, 6) is 1.30. The van der Waals surface area contributed by atoms with Crippen molar-refractivity contribution in [2.75, 3.05) is 18.6 Å². The highest BCUT2D eigenvalue weighted by Gasteiger charge is 2.59. The molecule has 2 aliphatic carbocycles. The molecular formula is C16H25NO4S. The molecule has 0 heterocycles. The van der Waals surface area contributed by atoms with Gasteiger partial charge in [-0.3, -0.25) is 14.9 Å². The first-order chi connectivity index (χ1) is 10.1. The Balaban J connectivity index is 2.10. The molecule has 0 bridgehead atoms. The number of hydrogen-bond donors (Lipinski definition) is 0. The van der Waals surface area contributed by atoms with Crippen molar-refractivity contribution in [3.8, 4) is 0 Å². The molecule has 0 N–H and O–H groups in total. The summed E-state index contributed by atoms with van der Waals surface area (Å²) < 4.78 is 5.39. The van der Waals surface area contributed by atoms with Crippen LogP contribution < -0.4 is 0 Å². The number of thioether (sulfide) groups is 1. The Morgan fingerprint density at radius 2 is 2.23 bits per heavy atom. The van der Waals surface area contributed by atoms with Gasteiger partial charge in [-0.05, 0) is 51.7 Å². The summed E-state index contributed by atoms with van der Waals surface area (Å²) in [6.07, 6.45) is 6.19. The third-order valence-electron chi connectivity index (χ3n) is 4.51. The van der Waals surface area contributed by atoms with Crippen LogP contribution in [0.3, 0.4) is 0 Å². The lowest BCUT2D eigenvalue weighted by molar-refractivity contribution is -0.506. The van der Waals surface area contributed by atoms with Gasteiger partial charge in [-0.1, -0.05) is 11.6 Å². The van der Waals surface area contributed by atoms with Crippen LogP contribution in [0.2, 0.25) is 0 Å². The van der Waals surface area contributed by atoms with Crippen LogP contribution in [0.25, 0.3) is 0 Å². The number of carbonyl (C=O) groups excluding carboxylic acids is 1. The number of hydrogen-bond acceptors (Lipinski definition) is 5. The summed E-state index contributed by atoms with van der Waals surface area (Å²) in [5, 5.41) is 11.1. The fourth-order valence-corrected chi connectivity index (χ4v) is 4.51. The van der Waals surface area contributed by atoms with Crippen molar-refractivity contribution < 1.29 is 14.5 Å². The number of ether oxygens (including phenoxy) is 1. The Hall–Kier alpha value is -1.04. The van der Waals surface area contributed by atoms with E-state index in [9.17, 15) is 14.9 Å². The minimum absolute atomic E-state index is 0.142. The van der Waals surface area contributed by atoms with E-state index in [1.165, 1.54) is 5.57 Å². The highest BCUT2D eigenvalue weighted by atomic mass is 32.2. The monoisotopic (exact) mass is 327 g/mol. The second-order valence-corrected chi connectivity index (χ2v) is 8.43. The van der Waals surface area contributed by atoms with E-state index in [0.717, 1.165) is 18.6 Å². The highest BCUT2D eigenvalue weighted by molar-refractivity contribution is 7.98. The number of nitrogens with zero attached hydrogens (tertiary/aromatic N) is 1. The zero-order valence-corrected chi connectivity index (χ0v) is 14.6. The molecule has 124 valence electrons. The molecule has 5 nitrogen and oxygen atoms in total. The van der Waals surface area contributed by atoms with Crippen LogP contribution in [0.4, 0.5) is 0 Å². The molecule has 0 saturated heterocycles. The van der Waals surface area contributed by atoms with Gasteiger partial charge in [0.15, 0.2) is 0 Å². The standard InChI is InChI=1S/C16H25NO4S/c1-15(2,3)21-14(18)8-16(10-17(19)20)7-12-5-11(9-22-4)6-13(12)16/h6,12-13H,5,7-10H2,1-4H3/t12-,13-,16-/m0/s1. The summed E-state index contributed by atoms with van der Waals surface area (Å²) in [5.41, 5.74) is 0.277. The summed E-state index contributed by atoms with van der Waals surface area (Å²) in [6, 6.07) is 0. The maximum atomic E-state index is 12.2. The zero-order valence-electron chi connectivity index (χ0n) is 13.8. The van der Waals surface area contributed by atoms with Gasteiger partial charge in [0.25, 0.3) is 0 Å². The first-order valence-corrected chi connectivity index (χ1v) is 9.07. The van der Waals surface area contributed by atoms with E-state index in [1.807, 2.05) is 20.8 Å². The van der Waals surface area contributed by atoms with E-state index in [0.29, 0.717) is 5.92 Å². The van der Waals surface area contributed by atoms with E-state index in [4.69, 9.17) is 4.74 Å². The molecule has 0 aromatic carbocycles. The zero-order chi connectivity index (χ0) is 16.5. The fraction of sp³-hybridized carbons (Fsp3) is 0.812. The Morgan fingerprint density at radius 3 is 2.77 bits per heavy atom. The summed E-state index contributed by atoms with van der Waals surface area (Å²) in [7, 11) is 0. The number of nitro groups is 1. The molecule has 0 aliphatic heterocycles. The molecule has 0 unspecified atom stereocenters. The average molecular weight is 327 g/mol. The van der Waals surface area contributed by atoms with Crippen molar-refractivity contribution in [1.82, 2.24) is 0 Å². The van der Waals surface area contributed by atoms with Gasteiger partial charge in [-0.2, -0.15) is 11.8 Å². The quantitative estimate of drug-likeness (QED) is 0.324. The van der Waals surface area contributed by atoms with Crippen LogP contribution >= 0.6 is 11.8 Å². The smallest absolute Gasteiger partial charge is 0.307 e. The van der Waals surface area contributed by atoms with E-state index in [1.54, 1.807) is 11.8 Å². The predicted octanol–water partition coefficient (Wildman–Crippen LogP) is 3.31. The van der Waals surface area contributed by atoms with Gasteiger partial charge in [0.2, 0.25) is 6.54 Å². The van der Waals surface area contributed by atoms with Gasteiger partial charge in [0.1, 0.15) is 5.60 Å².